The second-order valence-corrected chi connectivity index (χ2v) is 6.08. The van der Waals surface area contributed by atoms with Gasteiger partial charge in [-0.3, -0.25) is 4.79 Å². The van der Waals surface area contributed by atoms with Crippen molar-refractivity contribution >= 4 is 25.5 Å². The van der Waals surface area contributed by atoms with Crippen LogP contribution in [0.1, 0.15) is 12.8 Å². The minimum Gasteiger partial charge on any atom is -0.401 e. The van der Waals surface area contributed by atoms with E-state index in [9.17, 15) is 13.8 Å². The summed E-state index contributed by atoms with van der Waals surface area (Å²) in [6, 6.07) is 0. The van der Waals surface area contributed by atoms with Gasteiger partial charge in [0.25, 0.3) is 19.5 Å². The number of likely N-dealkylation sites (tertiary alicyclic amines) is 1. The average Bonchev–Trinajstić information content (AvgIpc) is 2.76. The van der Waals surface area contributed by atoms with Crippen molar-refractivity contribution in [2.75, 3.05) is 19.6 Å². The van der Waals surface area contributed by atoms with Crippen LogP contribution in [0.5, 0.6) is 0 Å². The molecule has 8 heteroatoms. The van der Waals surface area contributed by atoms with Crippen LogP contribution in [0, 0.1) is 0 Å². The average molecular weight is 304 g/mol. The maximum absolute atomic E-state index is 12.6. The third-order valence-electron chi connectivity index (χ3n) is 3.04. The summed E-state index contributed by atoms with van der Waals surface area (Å²) in [4.78, 5) is 12.6. The maximum atomic E-state index is 12.6. The van der Waals surface area contributed by atoms with E-state index in [1.54, 1.807) is 0 Å². The minimum atomic E-state index is -1.99. The molecule has 0 bridgehead atoms. The standard InChI is InChI=1S/C8H11ClFN2O2P.V/c9-6(10)7(13)12-4-2-8(5-12)1-3-11-15(8)14;/h6H,1-5H2;/t6?,8-;/m1./s1. The number of rotatable bonds is 1. The van der Waals surface area contributed by atoms with Gasteiger partial charge in [-0.05, 0) is 6.42 Å². The van der Waals surface area contributed by atoms with E-state index in [4.69, 9.17) is 11.6 Å². The second-order valence-electron chi connectivity index (χ2n) is 3.92. The predicted molar refractivity (Wildman–Crippen MR) is 55.1 cm³/mol. The SMILES string of the molecule is O=C(C(F)Cl)N1CC[C@]2(CC[N-][P+]2=O)C1.[V]. The first kappa shape index (κ1) is 14.4. The van der Waals surface area contributed by atoms with Gasteiger partial charge in [0.05, 0.1) is 6.54 Å². The van der Waals surface area contributed by atoms with Crippen molar-refractivity contribution in [2.24, 2.45) is 0 Å². The summed E-state index contributed by atoms with van der Waals surface area (Å²) in [5, 5.41) is 3.56. The van der Waals surface area contributed by atoms with Crippen LogP contribution in [0.2, 0.25) is 0 Å². The van der Waals surface area contributed by atoms with Crippen LogP contribution in [0.15, 0.2) is 0 Å². The Hall–Kier alpha value is 0.334. The number of alkyl halides is 2. The fourth-order valence-corrected chi connectivity index (χ4v) is 3.73. The Morgan fingerprint density at radius 3 is 2.75 bits per heavy atom. The maximum Gasteiger partial charge on any atom is 0.272 e. The molecule has 2 aliphatic rings. The Bertz CT molecular complexity index is 320. The third kappa shape index (κ3) is 2.44. The molecule has 2 unspecified atom stereocenters. The first-order chi connectivity index (χ1) is 7.05. The van der Waals surface area contributed by atoms with Crippen molar-refractivity contribution in [3.63, 3.8) is 0 Å². The van der Waals surface area contributed by atoms with Gasteiger partial charge in [-0.15, -0.1) is 6.54 Å². The number of hydrogen-bond acceptors (Lipinski definition) is 2. The summed E-state index contributed by atoms with van der Waals surface area (Å²) in [5.74, 6) is -0.719. The molecule has 1 amide bonds. The van der Waals surface area contributed by atoms with Crippen molar-refractivity contribution in [3.05, 3.63) is 5.09 Å². The topological polar surface area (TPSA) is 51.5 Å². The van der Waals surface area contributed by atoms with E-state index in [0.717, 1.165) is 6.42 Å². The van der Waals surface area contributed by atoms with Gasteiger partial charge in [-0.25, -0.2) is 4.39 Å². The number of halogens is 2. The molecule has 0 aliphatic carbocycles. The summed E-state index contributed by atoms with van der Waals surface area (Å²) in [6.07, 6.45) is 1.37. The molecule has 89 valence electrons. The number of carbonyl (C=O) groups is 1. The second kappa shape index (κ2) is 5.32. The van der Waals surface area contributed by atoms with Gasteiger partial charge in [-0.1, -0.05) is 16.2 Å². The van der Waals surface area contributed by atoms with E-state index in [0.29, 0.717) is 26.1 Å². The molecule has 2 heterocycles. The summed E-state index contributed by atoms with van der Waals surface area (Å²) in [5.41, 5.74) is -1.99. The largest absolute Gasteiger partial charge is 0.401 e. The van der Waals surface area contributed by atoms with E-state index in [1.165, 1.54) is 4.90 Å². The normalized spacial score (nSPS) is 32.9. The first-order valence-electron chi connectivity index (χ1n) is 4.77. The van der Waals surface area contributed by atoms with E-state index in [-0.39, 0.29) is 18.6 Å². The molecule has 16 heavy (non-hydrogen) atoms. The van der Waals surface area contributed by atoms with Crippen molar-refractivity contribution in [2.45, 2.75) is 23.6 Å². The molecular formula is C8H11ClFN2O2PV. The summed E-state index contributed by atoms with van der Waals surface area (Å²) in [6.45, 7) is 1.34. The van der Waals surface area contributed by atoms with Crippen LogP contribution in [-0.4, -0.2) is 41.2 Å². The van der Waals surface area contributed by atoms with Gasteiger partial charge in [0, 0.05) is 31.5 Å². The Morgan fingerprint density at radius 2 is 2.25 bits per heavy atom. The molecule has 0 aromatic rings. The molecule has 0 aromatic heterocycles. The van der Waals surface area contributed by atoms with Gasteiger partial charge < -0.3 is 9.99 Å². The predicted octanol–water partition coefficient (Wildman–Crippen LogP) is 2.01. The molecule has 2 saturated heterocycles. The van der Waals surface area contributed by atoms with Crippen LogP contribution in [0.4, 0.5) is 4.39 Å². The van der Waals surface area contributed by atoms with Gasteiger partial charge in [0.15, 0.2) is 5.16 Å². The quantitative estimate of drug-likeness (QED) is 0.549. The number of carbonyl (C=O) groups excluding carboxylic acids is 1. The van der Waals surface area contributed by atoms with Gasteiger partial charge in [-0.2, -0.15) is 0 Å². The summed E-state index contributed by atoms with van der Waals surface area (Å²) < 4.78 is 24.3. The van der Waals surface area contributed by atoms with Crippen LogP contribution in [0.3, 0.4) is 0 Å². The molecule has 0 aromatic carbocycles. The Kier molecular flexibility index (Phi) is 4.79. The van der Waals surface area contributed by atoms with E-state index >= 15 is 0 Å². The first-order valence-corrected chi connectivity index (χ1v) is 6.42. The molecule has 1 spiro atoms. The van der Waals surface area contributed by atoms with Gasteiger partial charge >= 0.3 is 0 Å². The Balaban J connectivity index is 0.00000128. The van der Waals surface area contributed by atoms with E-state index in [1.807, 2.05) is 0 Å². The number of amides is 1. The van der Waals surface area contributed by atoms with Crippen molar-refractivity contribution < 1.29 is 32.3 Å². The van der Waals surface area contributed by atoms with Gasteiger partial charge in [0.2, 0.25) is 0 Å². The van der Waals surface area contributed by atoms with Crippen LogP contribution >= 0.6 is 19.6 Å². The molecule has 2 rings (SSSR count). The molecule has 0 saturated carbocycles. The molecule has 0 N–H and O–H groups in total. The van der Waals surface area contributed by atoms with Crippen molar-refractivity contribution in [3.8, 4) is 0 Å². The summed E-state index contributed by atoms with van der Waals surface area (Å²) >= 11 is 5.09. The molecule has 3 atom stereocenters. The van der Waals surface area contributed by atoms with Crippen LogP contribution in [0.25, 0.3) is 5.09 Å². The van der Waals surface area contributed by atoms with E-state index in [2.05, 4.69) is 5.09 Å². The molecule has 4 nitrogen and oxygen atoms in total. The zero-order valence-corrected chi connectivity index (χ0v) is 11.5. The van der Waals surface area contributed by atoms with Crippen molar-refractivity contribution in [1.29, 1.82) is 0 Å². The zero-order chi connectivity index (χ0) is 11.1. The van der Waals surface area contributed by atoms with Crippen LogP contribution in [-0.2, 0) is 27.9 Å². The van der Waals surface area contributed by atoms with Crippen molar-refractivity contribution in [1.82, 2.24) is 4.90 Å². The fraction of sp³-hybridized carbons (Fsp3) is 0.875. The number of hydrogen-bond donors (Lipinski definition) is 0. The third-order valence-corrected chi connectivity index (χ3v) is 5.09. The minimum absolute atomic E-state index is 0. The fourth-order valence-electron chi connectivity index (χ4n) is 2.14. The smallest absolute Gasteiger partial charge is 0.272 e. The zero-order valence-electron chi connectivity index (χ0n) is 8.47. The van der Waals surface area contributed by atoms with Crippen LogP contribution < -0.4 is 0 Å². The molecular weight excluding hydrogens is 292 g/mol. The number of nitrogens with zero attached hydrogens (tertiary/aromatic N) is 2. The Labute approximate surface area is 111 Å². The monoisotopic (exact) mass is 303 g/mol. The molecule has 2 aliphatic heterocycles. The van der Waals surface area contributed by atoms with E-state index < -0.39 is 24.6 Å². The van der Waals surface area contributed by atoms with Gasteiger partial charge in [0.1, 0.15) is 0 Å². The molecule has 1 radical (unpaired) electrons. The molecule has 2 fully saturated rings. The Morgan fingerprint density at radius 1 is 1.56 bits per heavy atom. The summed E-state index contributed by atoms with van der Waals surface area (Å²) in [7, 11) is -1.61.